The summed E-state index contributed by atoms with van der Waals surface area (Å²) in [6.45, 7) is 11.3. The lowest BCUT2D eigenvalue weighted by Crippen LogP contribution is -2.17. The second-order valence-corrected chi connectivity index (χ2v) is 4.85. The summed E-state index contributed by atoms with van der Waals surface area (Å²) in [4.78, 5) is 0. The van der Waals surface area contributed by atoms with Gasteiger partial charge in [-0.1, -0.05) is 13.8 Å². The number of hydrogen-bond donors (Lipinski definition) is 0. The second-order valence-electron chi connectivity index (χ2n) is 4.85. The Bertz CT molecular complexity index is 310. The Balaban J connectivity index is 0. The lowest BCUT2D eigenvalue weighted by Gasteiger charge is -2.16. The molecule has 0 fully saturated rings. The van der Waals surface area contributed by atoms with Crippen LogP contribution in [0.25, 0.3) is 0 Å². The predicted molar refractivity (Wildman–Crippen MR) is 63.8 cm³/mol. The van der Waals surface area contributed by atoms with Crippen LogP contribution >= 0.6 is 0 Å². The minimum absolute atomic E-state index is 0.192. The Morgan fingerprint density at radius 1 is 0.875 bits per heavy atom. The molecule has 2 atom stereocenters. The molecule has 0 N–H and O–H groups in total. The lowest BCUT2D eigenvalue weighted by molar-refractivity contribution is 0.390. The monoisotopic (exact) mass is 219 g/mol. The van der Waals surface area contributed by atoms with Crippen molar-refractivity contribution in [2.24, 2.45) is 23.2 Å². The molecule has 3 heteroatoms. The Kier molecular flexibility index (Phi) is 8.15. The third-order valence-corrected chi connectivity index (χ3v) is 2.77. The van der Waals surface area contributed by atoms with E-state index in [0.717, 1.165) is 0 Å². The molecule has 0 aromatic carbocycles. The average Bonchev–Trinajstić information content (AvgIpc) is 2.27. The SMILES string of the molecule is CC(C#N)C(C)(C)C#N.CC(C)C(C)C#N. The van der Waals surface area contributed by atoms with Gasteiger partial charge >= 0.3 is 0 Å². The van der Waals surface area contributed by atoms with Crippen LogP contribution in [-0.2, 0) is 0 Å². The molecule has 0 bridgehead atoms. The molecule has 0 amide bonds. The molecule has 2 unspecified atom stereocenters. The van der Waals surface area contributed by atoms with Gasteiger partial charge in [0.2, 0.25) is 0 Å². The highest BCUT2D eigenvalue weighted by Gasteiger charge is 2.24. The van der Waals surface area contributed by atoms with Gasteiger partial charge in [0.1, 0.15) is 0 Å². The summed E-state index contributed by atoms with van der Waals surface area (Å²) in [5.41, 5.74) is -0.505. The summed E-state index contributed by atoms with van der Waals surface area (Å²) in [5.74, 6) is 0.521. The van der Waals surface area contributed by atoms with Gasteiger partial charge in [-0.25, -0.2) is 0 Å². The first kappa shape index (κ1) is 16.9. The first-order valence-electron chi connectivity index (χ1n) is 5.43. The Hall–Kier alpha value is -1.53. The number of nitrogens with zero attached hydrogens (tertiary/aromatic N) is 3. The third kappa shape index (κ3) is 6.86. The van der Waals surface area contributed by atoms with Crippen LogP contribution in [-0.4, -0.2) is 0 Å². The van der Waals surface area contributed by atoms with Crippen LogP contribution in [0.2, 0.25) is 0 Å². The van der Waals surface area contributed by atoms with Crippen LogP contribution in [0, 0.1) is 57.2 Å². The van der Waals surface area contributed by atoms with E-state index in [2.05, 4.69) is 12.1 Å². The highest BCUT2D eigenvalue weighted by molar-refractivity contribution is 5.02. The first-order chi connectivity index (χ1) is 7.22. The molecule has 0 aliphatic heterocycles. The molecule has 0 aromatic rings. The molecule has 0 radical (unpaired) electrons. The molecule has 16 heavy (non-hydrogen) atoms. The van der Waals surface area contributed by atoms with E-state index in [1.54, 1.807) is 20.8 Å². The molecule has 0 spiro atoms. The van der Waals surface area contributed by atoms with E-state index < -0.39 is 5.41 Å². The number of rotatable bonds is 2. The molecular formula is C13H21N3. The van der Waals surface area contributed by atoms with Gasteiger partial charge in [0, 0.05) is 5.92 Å². The van der Waals surface area contributed by atoms with E-state index in [-0.39, 0.29) is 11.8 Å². The van der Waals surface area contributed by atoms with E-state index in [4.69, 9.17) is 15.8 Å². The smallest absolute Gasteiger partial charge is 0.0697 e. The topological polar surface area (TPSA) is 71.4 Å². The van der Waals surface area contributed by atoms with E-state index in [1.807, 2.05) is 26.8 Å². The number of nitriles is 3. The zero-order valence-corrected chi connectivity index (χ0v) is 11.1. The van der Waals surface area contributed by atoms with Gasteiger partial charge in [0.25, 0.3) is 0 Å². The van der Waals surface area contributed by atoms with Crippen molar-refractivity contribution >= 4 is 0 Å². The van der Waals surface area contributed by atoms with E-state index in [0.29, 0.717) is 5.92 Å². The van der Waals surface area contributed by atoms with Crippen molar-refractivity contribution in [3.63, 3.8) is 0 Å². The van der Waals surface area contributed by atoms with Crippen molar-refractivity contribution in [3.05, 3.63) is 0 Å². The van der Waals surface area contributed by atoms with Crippen molar-refractivity contribution in [2.75, 3.05) is 0 Å². The molecular weight excluding hydrogens is 198 g/mol. The lowest BCUT2D eigenvalue weighted by atomic mass is 9.83. The highest BCUT2D eigenvalue weighted by Crippen LogP contribution is 2.23. The molecule has 0 aromatic heterocycles. The minimum Gasteiger partial charge on any atom is -0.198 e. The van der Waals surface area contributed by atoms with E-state index in [9.17, 15) is 0 Å². The zero-order valence-electron chi connectivity index (χ0n) is 11.1. The van der Waals surface area contributed by atoms with Crippen molar-refractivity contribution in [1.82, 2.24) is 0 Å². The van der Waals surface area contributed by atoms with Crippen LogP contribution in [0.15, 0.2) is 0 Å². The maximum atomic E-state index is 8.49. The van der Waals surface area contributed by atoms with Crippen LogP contribution in [0.3, 0.4) is 0 Å². The summed E-state index contributed by atoms with van der Waals surface area (Å²) in [6, 6.07) is 6.27. The van der Waals surface area contributed by atoms with Crippen molar-refractivity contribution in [2.45, 2.75) is 41.5 Å². The molecule has 0 saturated heterocycles. The quantitative estimate of drug-likeness (QED) is 0.713. The van der Waals surface area contributed by atoms with Gasteiger partial charge in [0.05, 0.1) is 29.5 Å². The zero-order chi connectivity index (χ0) is 13.4. The summed E-state index contributed by atoms with van der Waals surface area (Å²) >= 11 is 0. The maximum Gasteiger partial charge on any atom is 0.0697 e. The summed E-state index contributed by atoms with van der Waals surface area (Å²) in [5, 5.41) is 25.2. The van der Waals surface area contributed by atoms with Crippen LogP contribution in [0.5, 0.6) is 0 Å². The highest BCUT2D eigenvalue weighted by atomic mass is 14.4. The average molecular weight is 219 g/mol. The molecule has 0 aliphatic carbocycles. The van der Waals surface area contributed by atoms with Gasteiger partial charge in [-0.15, -0.1) is 0 Å². The van der Waals surface area contributed by atoms with Crippen LogP contribution in [0.4, 0.5) is 0 Å². The molecule has 0 rings (SSSR count). The van der Waals surface area contributed by atoms with Crippen LogP contribution < -0.4 is 0 Å². The summed E-state index contributed by atoms with van der Waals surface area (Å²) < 4.78 is 0. The largest absolute Gasteiger partial charge is 0.198 e. The normalized spacial score (nSPS) is 13.5. The van der Waals surface area contributed by atoms with Crippen LogP contribution in [0.1, 0.15) is 41.5 Å². The molecule has 3 nitrogen and oxygen atoms in total. The fourth-order valence-electron chi connectivity index (χ4n) is 0.407. The molecule has 0 saturated carbocycles. The fourth-order valence-corrected chi connectivity index (χ4v) is 0.407. The fraction of sp³-hybridized carbons (Fsp3) is 0.769. The standard InChI is InChI=1S/C7H10N2.C6H11N/c1-6(4-8)7(2,3)5-9;1-5(2)6(3)4-7/h6H,1-3H3;5-6H,1-3H3. The van der Waals surface area contributed by atoms with Crippen molar-refractivity contribution in [1.29, 1.82) is 15.8 Å². The van der Waals surface area contributed by atoms with Gasteiger partial charge in [-0.05, 0) is 33.6 Å². The van der Waals surface area contributed by atoms with Gasteiger partial charge < -0.3 is 0 Å². The Morgan fingerprint density at radius 3 is 1.38 bits per heavy atom. The van der Waals surface area contributed by atoms with Crippen molar-refractivity contribution in [3.8, 4) is 18.2 Å². The predicted octanol–water partition coefficient (Wildman–Crippen LogP) is 3.50. The Morgan fingerprint density at radius 2 is 1.31 bits per heavy atom. The van der Waals surface area contributed by atoms with Gasteiger partial charge in [0.15, 0.2) is 0 Å². The molecule has 0 aliphatic rings. The van der Waals surface area contributed by atoms with E-state index >= 15 is 0 Å². The first-order valence-corrected chi connectivity index (χ1v) is 5.43. The van der Waals surface area contributed by atoms with Crippen molar-refractivity contribution < 1.29 is 0 Å². The third-order valence-electron chi connectivity index (χ3n) is 2.77. The summed E-state index contributed by atoms with van der Waals surface area (Å²) in [7, 11) is 0. The molecule has 88 valence electrons. The Labute approximate surface area is 99.3 Å². The van der Waals surface area contributed by atoms with Gasteiger partial charge in [-0.2, -0.15) is 15.8 Å². The molecule has 0 heterocycles. The maximum absolute atomic E-state index is 8.49. The second kappa shape index (κ2) is 7.72. The number of hydrogen-bond acceptors (Lipinski definition) is 3. The minimum atomic E-state index is -0.505. The summed E-state index contributed by atoms with van der Waals surface area (Å²) in [6.07, 6.45) is 0. The van der Waals surface area contributed by atoms with E-state index in [1.165, 1.54) is 0 Å². The van der Waals surface area contributed by atoms with Gasteiger partial charge in [-0.3, -0.25) is 0 Å².